The summed E-state index contributed by atoms with van der Waals surface area (Å²) in [7, 11) is 0. The van der Waals surface area contributed by atoms with Crippen LogP contribution >= 0.6 is 0 Å². The molecular formula is C67H90N12O26+2. The van der Waals surface area contributed by atoms with E-state index in [9.17, 15) is 86.2 Å². The molecule has 10 rings (SSSR count). The van der Waals surface area contributed by atoms with Crippen LogP contribution in [0.1, 0.15) is 29.5 Å². The Morgan fingerprint density at radius 1 is 0.590 bits per heavy atom. The number of benzene rings is 4. The first-order valence-electron chi connectivity index (χ1n) is 33.8. The third-order valence-electron chi connectivity index (χ3n) is 18.9. The predicted molar refractivity (Wildman–Crippen MR) is 356 cm³/mol. The highest BCUT2D eigenvalue weighted by Gasteiger charge is 2.55. The fraction of sp³-hybridized carbons (Fsp3) is 0.522. The van der Waals surface area contributed by atoms with Gasteiger partial charge in [0.25, 0.3) is 0 Å². The van der Waals surface area contributed by atoms with E-state index in [2.05, 4.69) is 46.9 Å². The Hall–Kier alpha value is -9.04. The van der Waals surface area contributed by atoms with Gasteiger partial charge in [-0.15, -0.1) is 0 Å². The average molecular weight is 1480 g/mol. The summed E-state index contributed by atoms with van der Waals surface area (Å²) in [6.07, 6.45) is -31.0. The molecule has 6 aliphatic rings. The number of rotatable bonds is 22. The number of aliphatic hydroxyl groups excluding tert-OH is 14. The van der Waals surface area contributed by atoms with Crippen LogP contribution in [0.25, 0.3) is 0 Å². The minimum atomic E-state index is -2.30. The fourth-order valence-electron chi connectivity index (χ4n) is 12.9. The lowest BCUT2D eigenvalue weighted by molar-refractivity contribution is -0.663. The molecule has 0 aromatic heterocycles. The number of aliphatic imine (C=N–C) groups is 1. The maximum absolute atomic E-state index is 15.2. The van der Waals surface area contributed by atoms with Gasteiger partial charge in [0.2, 0.25) is 36.1 Å². The van der Waals surface area contributed by atoms with Gasteiger partial charge < -0.3 is 131 Å². The van der Waals surface area contributed by atoms with E-state index >= 15 is 9.59 Å². The van der Waals surface area contributed by atoms with Gasteiger partial charge in [0.15, 0.2) is 25.0 Å². The van der Waals surface area contributed by atoms with Crippen molar-refractivity contribution in [1.29, 1.82) is 0 Å². The van der Waals surface area contributed by atoms with Gasteiger partial charge in [0.05, 0.1) is 33.0 Å². The second-order valence-corrected chi connectivity index (χ2v) is 26.0. The standard InChI is InChI=1S/C67H88N12O26/c1-29(32-10-6-3-7-11-32)44-60(96)73-36(20-30-12-14-35(15-13-30)101-64-54(92)52(90)57(42(27-83)103-64)105-65-55(93)51(89)56(41(26-82)104-65)100-34-18-16-33(17-19-34)99-28-31-8-4-2-5-9-31)59(95)77-45(47(85)37-21-71-66(68)75-37)62(98)78-46(61(97)74-38(24-80)58(94)70-23-43(84)76-44)48(86)39-22-72-67(69)79(39)63-53(91)50(88)49(87)40(25-81)102-63/h2-19,29,36-42,44-57,63-65,80-83,85-93H,20-28H2,1H3,(H11,68,69,70,71,72,73,74,75,76,77,78,84,94,95,96,97,98)/p+2/t29-,36-,37+,38+,39+,40+,41+,42-,44-,45+,46-,47-,48-,49+,50+,51-,52?,53+,54-,55+,56+,57+,63-,64-,65+/m1/s1. The second-order valence-electron chi connectivity index (χ2n) is 26.0. The average Bonchev–Trinajstić information content (AvgIpc) is 1.76. The molecular weight excluding hydrogens is 1390 g/mol. The Kier molecular flexibility index (Phi) is 26.5. The number of carbonyl (C=O) groups is 4. The monoisotopic (exact) mass is 1480 g/mol. The molecule has 3 saturated heterocycles. The number of aliphatic hydroxyl groups is 14. The summed E-state index contributed by atoms with van der Waals surface area (Å²) in [5.74, 6) is -7.84. The van der Waals surface area contributed by atoms with Crippen molar-refractivity contribution < 1.29 is 143 Å². The summed E-state index contributed by atoms with van der Waals surface area (Å²) in [5, 5.41) is 185. The smallest absolute Gasteiger partial charge is 0.358 e. The molecule has 3 fully saturated rings. The van der Waals surface area contributed by atoms with Crippen LogP contribution in [0.2, 0.25) is 0 Å². The first-order valence-corrected chi connectivity index (χ1v) is 33.8. The summed E-state index contributed by atoms with van der Waals surface area (Å²) < 4.78 is 42.1. The molecule has 4 aromatic carbocycles. The number of hydrogen-bond donors (Lipinski definition) is 24. The topological polar surface area (TPSA) is 607 Å². The lowest BCUT2D eigenvalue weighted by Gasteiger charge is -2.46. The number of nitrogens with one attached hydrogen (secondary N) is 8. The van der Waals surface area contributed by atoms with E-state index < -0.39 is 234 Å². The molecule has 38 heteroatoms. The Morgan fingerprint density at radius 2 is 1.16 bits per heavy atom. The minimum absolute atomic E-state index is 0.0690. The number of ether oxygens (including phenoxy) is 7. The number of nitrogens with zero attached hydrogens (tertiary/aromatic N) is 2. The normalized spacial score (nSPS) is 34.0. The van der Waals surface area contributed by atoms with Gasteiger partial charge >= 0.3 is 17.8 Å². The van der Waals surface area contributed by atoms with Crippen molar-refractivity contribution in [1.82, 2.24) is 31.9 Å². The van der Waals surface area contributed by atoms with Crippen LogP contribution in [0.5, 0.6) is 17.2 Å². The maximum Gasteiger partial charge on any atom is 0.358 e. The van der Waals surface area contributed by atoms with Crippen molar-refractivity contribution in [2.45, 2.75) is 172 Å². The largest absolute Gasteiger partial charge is 0.858 e. The lowest BCUT2D eigenvalue weighted by Crippen LogP contribution is -2.80. The Morgan fingerprint density at radius 3 is 1.81 bits per heavy atom. The van der Waals surface area contributed by atoms with Gasteiger partial charge in [-0.3, -0.25) is 51.3 Å². The summed E-state index contributed by atoms with van der Waals surface area (Å²) in [5.41, 5.74) is 13.9. The maximum atomic E-state index is 15.2. The second kappa shape index (κ2) is 35.4. The van der Waals surface area contributed by atoms with Crippen molar-refractivity contribution >= 4 is 47.3 Å². The van der Waals surface area contributed by atoms with Gasteiger partial charge in [0, 0.05) is 18.2 Å². The Labute approximate surface area is 598 Å². The van der Waals surface area contributed by atoms with Crippen LogP contribution in [0.15, 0.2) is 114 Å². The molecule has 4 aromatic rings. The third-order valence-corrected chi connectivity index (χ3v) is 18.9. The van der Waals surface area contributed by atoms with Crippen molar-refractivity contribution in [3.05, 3.63) is 126 Å². The van der Waals surface area contributed by atoms with Gasteiger partial charge in [0.1, 0.15) is 146 Å². The quantitative estimate of drug-likeness (QED) is 0.0325. The number of carbonyl (C=O) groups excluding carboxylic acids is 4. The fourth-order valence-corrected chi connectivity index (χ4v) is 12.9. The van der Waals surface area contributed by atoms with Crippen LogP contribution in [0.3, 0.4) is 0 Å². The third kappa shape index (κ3) is 18.4. The molecule has 6 aliphatic heterocycles. The van der Waals surface area contributed by atoms with Crippen molar-refractivity contribution in [2.75, 3.05) is 46.1 Å². The van der Waals surface area contributed by atoms with E-state index in [1.807, 2.05) is 30.3 Å². The van der Waals surface area contributed by atoms with E-state index in [4.69, 9.17) is 44.6 Å². The predicted octanol–water partition coefficient (Wildman–Crippen LogP) is -14.0. The lowest BCUT2D eigenvalue weighted by atomic mass is 9.92. The molecule has 0 saturated carbocycles. The molecule has 0 aliphatic carbocycles. The molecule has 105 heavy (non-hydrogen) atoms. The minimum Gasteiger partial charge on any atom is -0.858 e. The summed E-state index contributed by atoms with van der Waals surface area (Å²) in [6.45, 7) is -3.29. The molecule has 26 N–H and O–H groups in total. The van der Waals surface area contributed by atoms with Gasteiger partial charge in [-0.25, -0.2) is 9.57 Å². The van der Waals surface area contributed by atoms with Crippen molar-refractivity contribution in [3.63, 3.8) is 0 Å². The Bertz CT molecular complexity index is 3700. The number of hydrogen-bond acceptors (Lipinski definition) is 30. The number of nitrogens with two attached hydrogens (primary N) is 2. The molecule has 4 amide bonds. The van der Waals surface area contributed by atoms with Gasteiger partial charge in [-0.05, 0) is 53.1 Å². The Balaban J connectivity index is 0.893. The highest BCUT2D eigenvalue weighted by atomic mass is 16.7. The van der Waals surface area contributed by atoms with E-state index in [1.54, 1.807) is 61.5 Å². The number of guanidine groups is 2. The zero-order valence-corrected chi connectivity index (χ0v) is 56.4. The molecule has 38 nitrogen and oxygen atoms in total. The van der Waals surface area contributed by atoms with Crippen LogP contribution in [0.4, 0.5) is 0 Å². The molecule has 25 atom stereocenters. The van der Waals surface area contributed by atoms with E-state index in [-0.39, 0.29) is 35.5 Å². The zero-order chi connectivity index (χ0) is 75.5. The van der Waals surface area contributed by atoms with Crippen LogP contribution in [0, 0.1) is 0 Å². The van der Waals surface area contributed by atoms with E-state index in [1.165, 1.54) is 24.3 Å². The first-order chi connectivity index (χ1) is 50.3. The summed E-state index contributed by atoms with van der Waals surface area (Å²) in [6, 6.07) is 16.8. The van der Waals surface area contributed by atoms with E-state index in [0.29, 0.717) is 17.9 Å². The summed E-state index contributed by atoms with van der Waals surface area (Å²) >= 11 is 0. The zero-order valence-electron chi connectivity index (χ0n) is 56.4. The SMILES string of the molecule is C[C@H](c1ccccc1)[C@H]1N=C([O-])C[NH+]=C(O)[C@H](CO)NC(=O)[C@@H]([C@H](O)[C@@H]2CNC(N)=[N+]2[C@@H]2O[C@@H](CO)[C@H](O)[C@H](O)[C@@H]2O)NC(=O)[C@H]([C@H](O)[C@@H]2C[NH+]=C(N)N2)NC(=O)[C@@H](Cc2ccc(O[C@@H]3O[C@H](CO)[C@H](O[C@@H]4O[C@@H](CO)[C@H](Oc5ccc(OCc6ccccc6)cc5)[C@H](O)[C@@H]4O)C(O)[C@H]3O)cc2)NC1=O. The van der Waals surface area contributed by atoms with Crippen LogP contribution in [-0.4, -0.2) is 316 Å². The van der Waals surface area contributed by atoms with E-state index in [0.717, 1.165) is 10.1 Å². The van der Waals surface area contributed by atoms with Crippen molar-refractivity contribution in [2.24, 2.45) is 16.5 Å². The molecule has 0 radical (unpaired) electrons. The molecule has 572 valence electrons. The van der Waals surface area contributed by atoms with Crippen molar-refractivity contribution in [3.8, 4) is 17.2 Å². The molecule has 6 heterocycles. The highest BCUT2D eigenvalue weighted by Crippen LogP contribution is 2.34. The highest BCUT2D eigenvalue weighted by molar-refractivity contribution is 5.97. The van der Waals surface area contributed by atoms with Gasteiger partial charge in [-0.1, -0.05) is 79.7 Å². The molecule has 0 spiro atoms. The van der Waals surface area contributed by atoms with Gasteiger partial charge in [-0.2, -0.15) is 0 Å². The van der Waals surface area contributed by atoms with Crippen LogP contribution in [-0.2, 0) is 51.2 Å². The number of amides is 4. The van der Waals surface area contributed by atoms with Crippen LogP contribution < -0.4 is 72.7 Å². The summed E-state index contributed by atoms with van der Waals surface area (Å²) in [4.78, 5) is 69.3. The molecule has 0 bridgehead atoms. The molecule has 1 unspecified atom stereocenters. The first kappa shape index (κ1) is 78.5.